The van der Waals surface area contributed by atoms with Crippen molar-refractivity contribution in [3.05, 3.63) is 59.1 Å². The number of aromatic nitrogens is 3. The minimum atomic E-state index is -0.355. The molecule has 0 radical (unpaired) electrons. The zero-order valence-electron chi connectivity index (χ0n) is 12.7. The number of halogens is 1. The standard InChI is InChI=1S/C16H13ClN4O3/c1-23-13-6-5-10(17)8-11(13)16(22)19-9-14-20-15(21-24-14)12-4-2-3-7-18-12/h2-8H,9H2,1H3,(H,19,22). The van der Waals surface area contributed by atoms with Gasteiger partial charge < -0.3 is 14.6 Å². The second-order valence-electron chi connectivity index (χ2n) is 4.75. The fourth-order valence-electron chi connectivity index (χ4n) is 2.03. The van der Waals surface area contributed by atoms with E-state index in [9.17, 15) is 4.79 Å². The number of hydrogen-bond acceptors (Lipinski definition) is 6. The summed E-state index contributed by atoms with van der Waals surface area (Å²) in [6.45, 7) is 0.0777. The normalized spacial score (nSPS) is 10.4. The molecular formula is C16H13ClN4O3. The highest BCUT2D eigenvalue weighted by Crippen LogP contribution is 2.22. The molecule has 0 saturated carbocycles. The molecule has 122 valence electrons. The third-order valence-corrected chi connectivity index (χ3v) is 3.40. The van der Waals surface area contributed by atoms with Crippen LogP contribution in [0.3, 0.4) is 0 Å². The second-order valence-corrected chi connectivity index (χ2v) is 5.19. The molecule has 1 amide bonds. The van der Waals surface area contributed by atoms with Crippen LogP contribution in [0.25, 0.3) is 11.5 Å². The summed E-state index contributed by atoms with van der Waals surface area (Å²) in [5, 5.41) is 6.97. The van der Waals surface area contributed by atoms with Crippen LogP contribution in [-0.4, -0.2) is 28.1 Å². The van der Waals surface area contributed by atoms with Gasteiger partial charge in [-0.15, -0.1) is 0 Å². The molecule has 7 nitrogen and oxygen atoms in total. The Morgan fingerprint density at radius 3 is 2.96 bits per heavy atom. The third kappa shape index (κ3) is 3.52. The van der Waals surface area contributed by atoms with Crippen molar-refractivity contribution in [3.63, 3.8) is 0 Å². The van der Waals surface area contributed by atoms with Crippen molar-refractivity contribution in [3.8, 4) is 17.3 Å². The summed E-state index contributed by atoms with van der Waals surface area (Å²) in [7, 11) is 1.48. The zero-order chi connectivity index (χ0) is 16.9. The first-order valence-corrected chi connectivity index (χ1v) is 7.41. The number of pyridine rings is 1. The average molecular weight is 345 g/mol. The van der Waals surface area contributed by atoms with Gasteiger partial charge in [-0.25, -0.2) is 0 Å². The molecule has 0 bridgehead atoms. The topological polar surface area (TPSA) is 90.1 Å². The number of nitrogens with zero attached hydrogens (tertiary/aromatic N) is 3. The quantitative estimate of drug-likeness (QED) is 0.765. The van der Waals surface area contributed by atoms with Crippen molar-refractivity contribution in [2.45, 2.75) is 6.54 Å². The van der Waals surface area contributed by atoms with E-state index in [-0.39, 0.29) is 18.3 Å². The Kier molecular flexibility index (Phi) is 4.72. The predicted molar refractivity (Wildman–Crippen MR) is 86.7 cm³/mol. The van der Waals surface area contributed by atoms with Gasteiger partial charge in [0.2, 0.25) is 11.7 Å². The van der Waals surface area contributed by atoms with Crippen molar-refractivity contribution >= 4 is 17.5 Å². The van der Waals surface area contributed by atoms with Crippen LogP contribution in [-0.2, 0) is 6.54 Å². The Balaban J connectivity index is 1.69. The van der Waals surface area contributed by atoms with E-state index in [1.54, 1.807) is 30.5 Å². The molecule has 0 aliphatic rings. The summed E-state index contributed by atoms with van der Waals surface area (Å²) in [5.41, 5.74) is 0.921. The number of carbonyl (C=O) groups excluding carboxylic acids is 1. The molecule has 0 spiro atoms. The molecule has 24 heavy (non-hydrogen) atoms. The summed E-state index contributed by atoms with van der Waals surface area (Å²) in [4.78, 5) is 20.6. The van der Waals surface area contributed by atoms with Gasteiger partial charge in [-0.3, -0.25) is 9.78 Å². The van der Waals surface area contributed by atoms with Crippen molar-refractivity contribution < 1.29 is 14.1 Å². The Labute approximate surface area is 142 Å². The smallest absolute Gasteiger partial charge is 0.255 e. The molecule has 0 aliphatic heterocycles. The van der Waals surface area contributed by atoms with Gasteiger partial charge in [0.15, 0.2) is 0 Å². The lowest BCUT2D eigenvalue weighted by Gasteiger charge is -2.08. The lowest BCUT2D eigenvalue weighted by atomic mass is 10.2. The molecule has 0 fully saturated rings. The van der Waals surface area contributed by atoms with Crippen molar-refractivity contribution in [2.24, 2.45) is 0 Å². The maximum absolute atomic E-state index is 12.3. The van der Waals surface area contributed by atoms with Crippen molar-refractivity contribution in [1.82, 2.24) is 20.4 Å². The van der Waals surface area contributed by atoms with Gasteiger partial charge in [-0.05, 0) is 30.3 Å². The number of nitrogens with one attached hydrogen (secondary N) is 1. The van der Waals surface area contributed by atoms with E-state index in [2.05, 4.69) is 20.4 Å². The number of methoxy groups -OCH3 is 1. The van der Waals surface area contributed by atoms with E-state index in [0.29, 0.717) is 27.9 Å². The fraction of sp³-hybridized carbons (Fsp3) is 0.125. The van der Waals surface area contributed by atoms with Gasteiger partial charge in [-0.2, -0.15) is 4.98 Å². The fourth-order valence-corrected chi connectivity index (χ4v) is 2.21. The largest absolute Gasteiger partial charge is 0.496 e. The number of carbonyl (C=O) groups is 1. The lowest BCUT2D eigenvalue weighted by molar-refractivity contribution is 0.0943. The van der Waals surface area contributed by atoms with Gasteiger partial charge in [0, 0.05) is 11.2 Å². The molecule has 0 atom stereocenters. The van der Waals surface area contributed by atoms with E-state index in [4.69, 9.17) is 20.9 Å². The Bertz CT molecular complexity index is 852. The molecule has 0 aliphatic carbocycles. The first-order valence-electron chi connectivity index (χ1n) is 7.03. The van der Waals surface area contributed by atoms with Crippen LogP contribution >= 0.6 is 11.6 Å². The van der Waals surface area contributed by atoms with Gasteiger partial charge >= 0.3 is 0 Å². The number of amides is 1. The second kappa shape index (κ2) is 7.10. The zero-order valence-corrected chi connectivity index (χ0v) is 13.4. The van der Waals surface area contributed by atoms with Crippen LogP contribution in [0.4, 0.5) is 0 Å². The molecule has 3 rings (SSSR count). The van der Waals surface area contributed by atoms with Gasteiger partial charge in [0.25, 0.3) is 5.91 Å². The van der Waals surface area contributed by atoms with E-state index in [0.717, 1.165) is 0 Å². The SMILES string of the molecule is COc1ccc(Cl)cc1C(=O)NCc1nc(-c2ccccn2)no1. The highest BCUT2D eigenvalue weighted by molar-refractivity contribution is 6.31. The minimum Gasteiger partial charge on any atom is -0.496 e. The van der Waals surface area contributed by atoms with E-state index < -0.39 is 0 Å². The van der Waals surface area contributed by atoms with Gasteiger partial charge in [0.05, 0.1) is 19.2 Å². The highest BCUT2D eigenvalue weighted by atomic mass is 35.5. The maximum Gasteiger partial charge on any atom is 0.255 e. The summed E-state index contributed by atoms with van der Waals surface area (Å²) in [6.07, 6.45) is 1.64. The van der Waals surface area contributed by atoms with Gasteiger partial charge in [-0.1, -0.05) is 22.8 Å². The van der Waals surface area contributed by atoms with E-state index in [1.807, 2.05) is 6.07 Å². The third-order valence-electron chi connectivity index (χ3n) is 3.17. The summed E-state index contributed by atoms with van der Waals surface area (Å²) >= 11 is 5.92. The Morgan fingerprint density at radius 2 is 2.21 bits per heavy atom. The van der Waals surface area contributed by atoms with Crippen molar-refractivity contribution in [2.75, 3.05) is 7.11 Å². The number of hydrogen-bond donors (Lipinski definition) is 1. The molecule has 2 aromatic heterocycles. The predicted octanol–water partition coefficient (Wildman–Crippen LogP) is 2.72. The van der Waals surface area contributed by atoms with E-state index >= 15 is 0 Å². The Hall–Kier alpha value is -2.93. The molecule has 1 N–H and O–H groups in total. The highest BCUT2D eigenvalue weighted by Gasteiger charge is 2.15. The lowest BCUT2D eigenvalue weighted by Crippen LogP contribution is -2.23. The van der Waals surface area contributed by atoms with Crippen LogP contribution in [0.15, 0.2) is 47.1 Å². The Morgan fingerprint density at radius 1 is 1.33 bits per heavy atom. The van der Waals surface area contributed by atoms with Crippen LogP contribution < -0.4 is 10.1 Å². The number of benzene rings is 1. The monoisotopic (exact) mass is 344 g/mol. The summed E-state index contributed by atoms with van der Waals surface area (Å²) < 4.78 is 10.3. The summed E-state index contributed by atoms with van der Waals surface area (Å²) in [6, 6.07) is 10.2. The maximum atomic E-state index is 12.3. The molecule has 0 saturated heterocycles. The minimum absolute atomic E-state index is 0.0777. The molecule has 8 heteroatoms. The number of ether oxygens (including phenoxy) is 1. The first kappa shape index (κ1) is 15.9. The number of rotatable bonds is 5. The van der Waals surface area contributed by atoms with Crippen LogP contribution in [0, 0.1) is 0 Å². The van der Waals surface area contributed by atoms with Crippen LogP contribution in [0.5, 0.6) is 5.75 Å². The molecule has 2 heterocycles. The molecule has 3 aromatic rings. The van der Waals surface area contributed by atoms with Gasteiger partial charge in [0.1, 0.15) is 11.4 Å². The molecule has 0 unspecified atom stereocenters. The molecule has 1 aromatic carbocycles. The first-order chi connectivity index (χ1) is 11.7. The average Bonchev–Trinajstić information content (AvgIpc) is 3.09. The van der Waals surface area contributed by atoms with Crippen LogP contribution in [0.2, 0.25) is 5.02 Å². The molecular weight excluding hydrogens is 332 g/mol. The van der Waals surface area contributed by atoms with Crippen LogP contribution in [0.1, 0.15) is 16.2 Å². The summed E-state index contributed by atoms with van der Waals surface area (Å²) in [5.74, 6) is 0.703. The van der Waals surface area contributed by atoms with E-state index in [1.165, 1.54) is 13.2 Å². The van der Waals surface area contributed by atoms with Crippen molar-refractivity contribution in [1.29, 1.82) is 0 Å².